The highest BCUT2D eigenvalue weighted by atomic mass is 35.5. The van der Waals surface area contributed by atoms with E-state index in [2.05, 4.69) is 10.3 Å². The monoisotopic (exact) mass is 240 g/mol. The van der Waals surface area contributed by atoms with E-state index in [1.165, 1.54) is 4.57 Å². The fraction of sp³-hybridized carbons (Fsp3) is 0.333. The highest BCUT2D eigenvalue weighted by Crippen LogP contribution is 2.00. The van der Waals surface area contributed by atoms with Crippen LogP contribution in [-0.2, 0) is 11.3 Å². The third-order valence-corrected chi connectivity index (χ3v) is 2.03. The van der Waals surface area contributed by atoms with Crippen molar-refractivity contribution < 1.29 is 4.79 Å². The average molecular weight is 241 g/mol. The second kappa shape index (κ2) is 5.28. The van der Waals surface area contributed by atoms with Gasteiger partial charge in [0.2, 0.25) is 5.91 Å². The van der Waals surface area contributed by atoms with Gasteiger partial charge in [0.15, 0.2) is 0 Å². The number of nitrogens with one attached hydrogen (secondary N) is 1. The van der Waals surface area contributed by atoms with Crippen LogP contribution in [0.5, 0.6) is 0 Å². The highest BCUT2D eigenvalue weighted by molar-refractivity contribution is 6.29. The van der Waals surface area contributed by atoms with Crippen molar-refractivity contribution in [2.24, 2.45) is 0 Å². The molecular weight excluding hydrogens is 232 g/mol. The van der Waals surface area contributed by atoms with Gasteiger partial charge >= 0.3 is 0 Å². The highest BCUT2D eigenvalue weighted by Gasteiger charge is 2.08. The van der Waals surface area contributed by atoms with Gasteiger partial charge in [-0.25, -0.2) is 4.98 Å². The van der Waals surface area contributed by atoms with E-state index in [1.54, 1.807) is 13.0 Å². The van der Waals surface area contributed by atoms with Gasteiger partial charge in [-0.2, -0.15) is 5.26 Å². The SMILES string of the molecule is Cc1nc(Cl)cc(=O)n1CC(=O)NCC#N. The largest absolute Gasteiger partial charge is 0.341 e. The smallest absolute Gasteiger partial charge is 0.255 e. The Morgan fingerprint density at radius 1 is 1.75 bits per heavy atom. The molecule has 0 aromatic carbocycles. The lowest BCUT2D eigenvalue weighted by atomic mass is 10.4. The standard InChI is InChI=1S/C9H9ClN4O2/c1-6-13-7(10)4-9(16)14(6)5-8(15)12-3-2-11/h4H,3,5H2,1H3,(H,12,15). The molecule has 0 bridgehead atoms. The molecule has 0 spiro atoms. The van der Waals surface area contributed by atoms with Crippen molar-refractivity contribution >= 4 is 17.5 Å². The summed E-state index contributed by atoms with van der Waals surface area (Å²) in [5, 5.41) is 10.7. The molecule has 0 atom stereocenters. The molecule has 6 nitrogen and oxygen atoms in total. The summed E-state index contributed by atoms with van der Waals surface area (Å²) in [6.45, 7) is 1.31. The van der Waals surface area contributed by atoms with Crippen molar-refractivity contribution in [3.63, 3.8) is 0 Å². The molecular formula is C9H9ClN4O2. The number of carbonyl (C=O) groups is 1. The number of amides is 1. The molecule has 16 heavy (non-hydrogen) atoms. The maximum Gasteiger partial charge on any atom is 0.255 e. The molecule has 1 rings (SSSR count). The molecule has 0 aliphatic carbocycles. The van der Waals surface area contributed by atoms with Crippen molar-refractivity contribution in [2.75, 3.05) is 6.54 Å². The Bertz CT molecular complexity index is 503. The van der Waals surface area contributed by atoms with E-state index in [-0.39, 0.29) is 18.2 Å². The van der Waals surface area contributed by atoms with Gasteiger partial charge < -0.3 is 5.32 Å². The third-order valence-electron chi connectivity index (χ3n) is 1.83. The molecule has 0 unspecified atom stereocenters. The summed E-state index contributed by atoms with van der Waals surface area (Å²) in [4.78, 5) is 26.6. The minimum Gasteiger partial charge on any atom is -0.341 e. The summed E-state index contributed by atoms with van der Waals surface area (Å²) >= 11 is 5.57. The van der Waals surface area contributed by atoms with Gasteiger partial charge in [0.05, 0.1) is 6.07 Å². The quantitative estimate of drug-likeness (QED) is 0.588. The molecule has 0 fully saturated rings. The third kappa shape index (κ3) is 3.07. The van der Waals surface area contributed by atoms with Gasteiger partial charge in [0.25, 0.3) is 5.56 Å². The van der Waals surface area contributed by atoms with Crippen LogP contribution in [-0.4, -0.2) is 22.0 Å². The Kier molecular flexibility index (Phi) is 4.03. The fourth-order valence-corrected chi connectivity index (χ4v) is 1.33. The van der Waals surface area contributed by atoms with E-state index in [4.69, 9.17) is 16.9 Å². The van der Waals surface area contributed by atoms with E-state index in [0.29, 0.717) is 5.82 Å². The second-order valence-corrected chi connectivity index (χ2v) is 3.37. The predicted octanol–water partition coefficient (Wildman–Crippen LogP) is -0.155. The summed E-state index contributed by atoms with van der Waals surface area (Å²) in [5.74, 6) is -0.0690. The van der Waals surface area contributed by atoms with E-state index >= 15 is 0 Å². The number of rotatable bonds is 3. The number of hydrogen-bond acceptors (Lipinski definition) is 4. The van der Waals surface area contributed by atoms with Crippen LogP contribution in [0.4, 0.5) is 0 Å². The Hall–Kier alpha value is -1.87. The van der Waals surface area contributed by atoms with E-state index in [0.717, 1.165) is 6.07 Å². The minimum atomic E-state index is -0.420. The number of aromatic nitrogens is 2. The zero-order valence-electron chi connectivity index (χ0n) is 8.53. The molecule has 0 saturated carbocycles. The summed E-state index contributed by atoms with van der Waals surface area (Å²) in [7, 11) is 0. The molecule has 7 heteroatoms. The Morgan fingerprint density at radius 2 is 2.44 bits per heavy atom. The van der Waals surface area contributed by atoms with Gasteiger partial charge in [0.1, 0.15) is 24.1 Å². The molecule has 1 amide bonds. The lowest BCUT2D eigenvalue weighted by molar-refractivity contribution is -0.121. The minimum absolute atomic E-state index is 0.0896. The molecule has 0 radical (unpaired) electrons. The van der Waals surface area contributed by atoms with Crippen molar-refractivity contribution in [3.05, 3.63) is 27.4 Å². The summed E-state index contributed by atoms with van der Waals surface area (Å²) in [5.41, 5.74) is -0.399. The number of halogens is 1. The number of nitriles is 1. The van der Waals surface area contributed by atoms with Gasteiger partial charge in [-0.3, -0.25) is 14.2 Å². The zero-order chi connectivity index (χ0) is 12.1. The van der Waals surface area contributed by atoms with Crippen LogP contribution in [0.1, 0.15) is 5.82 Å². The molecule has 1 N–H and O–H groups in total. The van der Waals surface area contributed by atoms with Gasteiger partial charge in [0, 0.05) is 6.07 Å². The fourth-order valence-electron chi connectivity index (χ4n) is 1.12. The first-order valence-corrected chi connectivity index (χ1v) is 4.80. The van der Waals surface area contributed by atoms with Crippen molar-refractivity contribution in [1.29, 1.82) is 5.26 Å². The zero-order valence-corrected chi connectivity index (χ0v) is 9.28. The maximum atomic E-state index is 11.5. The van der Waals surface area contributed by atoms with E-state index < -0.39 is 11.5 Å². The summed E-state index contributed by atoms with van der Waals surface area (Å²) in [6, 6.07) is 2.90. The topological polar surface area (TPSA) is 87.8 Å². The first-order chi connectivity index (χ1) is 7.54. The van der Waals surface area contributed by atoms with Crippen LogP contribution >= 0.6 is 11.6 Å². The summed E-state index contributed by atoms with van der Waals surface area (Å²) in [6.07, 6.45) is 0. The van der Waals surface area contributed by atoms with Gasteiger partial charge in [-0.15, -0.1) is 0 Å². The van der Waals surface area contributed by atoms with Gasteiger partial charge in [-0.05, 0) is 6.92 Å². The van der Waals surface area contributed by atoms with Crippen LogP contribution in [0.25, 0.3) is 0 Å². The Morgan fingerprint density at radius 3 is 3.00 bits per heavy atom. The first-order valence-electron chi connectivity index (χ1n) is 4.42. The molecule has 1 heterocycles. The molecule has 0 aliphatic rings. The Balaban J connectivity index is 2.86. The van der Waals surface area contributed by atoms with E-state index in [9.17, 15) is 9.59 Å². The van der Waals surface area contributed by atoms with Crippen molar-refractivity contribution in [1.82, 2.24) is 14.9 Å². The maximum absolute atomic E-state index is 11.5. The number of hydrogen-bond donors (Lipinski definition) is 1. The number of carbonyl (C=O) groups excluding carboxylic acids is 1. The molecule has 1 aromatic heterocycles. The van der Waals surface area contributed by atoms with Crippen LogP contribution in [0, 0.1) is 18.3 Å². The lowest BCUT2D eigenvalue weighted by Gasteiger charge is -2.07. The Labute approximate surface area is 96.5 Å². The molecule has 84 valence electrons. The normalized spacial score (nSPS) is 9.56. The van der Waals surface area contributed by atoms with Crippen LogP contribution in [0.3, 0.4) is 0 Å². The van der Waals surface area contributed by atoms with Crippen LogP contribution in [0.15, 0.2) is 10.9 Å². The average Bonchev–Trinajstić information content (AvgIpc) is 2.20. The van der Waals surface area contributed by atoms with Crippen LogP contribution in [0.2, 0.25) is 5.15 Å². The predicted molar refractivity (Wildman–Crippen MR) is 56.9 cm³/mol. The van der Waals surface area contributed by atoms with Crippen molar-refractivity contribution in [2.45, 2.75) is 13.5 Å². The number of nitrogens with zero attached hydrogens (tertiary/aromatic N) is 3. The van der Waals surface area contributed by atoms with Crippen LogP contribution < -0.4 is 10.9 Å². The second-order valence-electron chi connectivity index (χ2n) is 2.99. The summed E-state index contributed by atoms with van der Waals surface area (Å²) < 4.78 is 1.18. The number of aryl methyl sites for hydroxylation is 1. The van der Waals surface area contributed by atoms with Crippen molar-refractivity contribution in [3.8, 4) is 6.07 Å². The van der Waals surface area contributed by atoms with E-state index in [1.807, 2.05) is 0 Å². The molecule has 0 saturated heterocycles. The first kappa shape index (κ1) is 12.2. The lowest BCUT2D eigenvalue weighted by Crippen LogP contribution is -2.33. The van der Waals surface area contributed by atoms with Gasteiger partial charge in [-0.1, -0.05) is 11.6 Å². The molecule has 1 aromatic rings. The molecule has 0 aliphatic heterocycles.